The molecule has 5 nitrogen and oxygen atoms in total. The minimum Gasteiger partial charge on any atom is -0.356 e. The molecule has 118 valence electrons. The monoisotopic (exact) mass is 337 g/mol. The van der Waals surface area contributed by atoms with Crippen molar-refractivity contribution in [1.29, 1.82) is 0 Å². The fraction of sp³-hybridized carbons (Fsp3) is 0.0556. The average Bonchev–Trinajstić information content (AvgIpc) is 3.01. The van der Waals surface area contributed by atoms with Gasteiger partial charge in [-0.1, -0.05) is 28.9 Å². The summed E-state index contributed by atoms with van der Waals surface area (Å²) in [5.41, 5.74) is 2.60. The van der Waals surface area contributed by atoms with Crippen molar-refractivity contribution < 1.29 is 9.32 Å². The van der Waals surface area contributed by atoms with E-state index in [2.05, 4.69) is 15.5 Å². The van der Waals surface area contributed by atoms with Gasteiger partial charge in [-0.3, -0.25) is 9.78 Å². The van der Waals surface area contributed by atoms with Crippen LogP contribution >= 0.6 is 11.6 Å². The van der Waals surface area contributed by atoms with Gasteiger partial charge in [-0.15, -0.1) is 0 Å². The first kappa shape index (κ1) is 14.7. The van der Waals surface area contributed by atoms with E-state index in [1.807, 2.05) is 30.3 Å². The number of halogens is 1. The van der Waals surface area contributed by atoms with E-state index in [4.69, 9.17) is 16.1 Å². The number of para-hydroxylation sites is 1. The molecule has 1 N–H and O–H groups in total. The molecule has 1 amide bonds. The van der Waals surface area contributed by atoms with E-state index in [-0.39, 0.29) is 12.3 Å². The SMILES string of the molecule is O=C(Cc1noc2ccccc12)Nc1ccc(Cl)c2ncccc12. The molecule has 0 saturated heterocycles. The fourth-order valence-electron chi connectivity index (χ4n) is 2.66. The third-order valence-corrected chi connectivity index (χ3v) is 4.08. The Morgan fingerprint density at radius 3 is 2.83 bits per heavy atom. The molecule has 0 spiro atoms. The number of pyridine rings is 1. The van der Waals surface area contributed by atoms with Crippen LogP contribution in [0.5, 0.6) is 0 Å². The van der Waals surface area contributed by atoms with Crippen LogP contribution in [0.4, 0.5) is 5.69 Å². The highest BCUT2D eigenvalue weighted by Crippen LogP contribution is 2.28. The Morgan fingerprint density at radius 2 is 1.92 bits per heavy atom. The molecule has 2 aromatic heterocycles. The van der Waals surface area contributed by atoms with Crippen LogP contribution in [0.3, 0.4) is 0 Å². The van der Waals surface area contributed by atoms with E-state index in [1.165, 1.54) is 0 Å². The molecule has 2 heterocycles. The maximum atomic E-state index is 12.4. The Bertz CT molecular complexity index is 1060. The zero-order valence-corrected chi connectivity index (χ0v) is 13.2. The Balaban J connectivity index is 1.62. The summed E-state index contributed by atoms with van der Waals surface area (Å²) in [5.74, 6) is -0.179. The summed E-state index contributed by atoms with van der Waals surface area (Å²) >= 11 is 6.15. The highest BCUT2D eigenvalue weighted by molar-refractivity contribution is 6.35. The van der Waals surface area contributed by atoms with E-state index in [1.54, 1.807) is 24.4 Å². The maximum absolute atomic E-state index is 12.4. The van der Waals surface area contributed by atoms with Crippen molar-refractivity contribution in [2.45, 2.75) is 6.42 Å². The second-order valence-corrected chi connectivity index (χ2v) is 5.75. The van der Waals surface area contributed by atoms with Crippen molar-refractivity contribution in [3.05, 3.63) is 65.4 Å². The molecule has 2 aromatic carbocycles. The normalized spacial score (nSPS) is 11.0. The van der Waals surface area contributed by atoms with Gasteiger partial charge in [0.2, 0.25) is 5.91 Å². The summed E-state index contributed by atoms with van der Waals surface area (Å²) in [6, 6.07) is 14.6. The van der Waals surface area contributed by atoms with Gasteiger partial charge < -0.3 is 9.84 Å². The number of carbonyl (C=O) groups excluding carboxylic acids is 1. The number of anilines is 1. The number of fused-ring (bicyclic) bond motifs is 2. The van der Waals surface area contributed by atoms with Crippen LogP contribution < -0.4 is 5.32 Å². The molecule has 0 bridgehead atoms. The van der Waals surface area contributed by atoms with E-state index < -0.39 is 0 Å². The smallest absolute Gasteiger partial charge is 0.230 e. The van der Waals surface area contributed by atoms with Crippen LogP contribution in [0, 0.1) is 0 Å². The molecule has 4 rings (SSSR count). The average molecular weight is 338 g/mol. The summed E-state index contributed by atoms with van der Waals surface area (Å²) in [4.78, 5) is 16.7. The largest absolute Gasteiger partial charge is 0.356 e. The highest BCUT2D eigenvalue weighted by Gasteiger charge is 2.14. The van der Waals surface area contributed by atoms with E-state index in [0.29, 0.717) is 27.5 Å². The predicted molar refractivity (Wildman–Crippen MR) is 93.1 cm³/mol. The Morgan fingerprint density at radius 1 is 1.08 bits per heavy atom. The molecule has 0 aliphatic heterocycles. The minimum absolute atomic E-state index is 0.126. The summed E-state index contributed by atoms with van der Waals surface area (Å²) in [6.07, 6.45) is 1.79. The number of nitrogens with zero attached hydrogens (tertiary/aromatic N) is 2. The number of benzene rings is 2. The molecule has 0 fully saturated rings. The lowest BCUT2D eigenvalue weighted by molar-refractivity contribution is -0.115. The number of hydrogen-bond acceptors (Lipinski definition) is 4. The van der Waals surface area contributed by atoms with Crippen molar-refractivity contribution in [3.63, 3.8) is 0 Å². The first-order chi connectivity index (χ1) is 11.7. The van der Waals surface area contributed by atoms with Crippen LogP contribution in [0.25, 0.3) is 21.9 Å². The third-order valence-electron chi connectivity index (χ3n) is 3.77. The molecule has 0 unspecified atom stereocenters. The van der Waals surface area contributed by atoms with Gasteiger partial charge in [0.1, 0.15) is 5.69 Å². The van der Waals surface area contributed by atoms with Crippen molar-refractivity contribution >= 4 is 45.1 Å². The predicted octanol–water partition coefficient (Wildman–Crippen LogP) is 4.21. The van der Waals surface area contributed by atoms with Gasteiger partial charge in [0.15, 0.2) is 5.58 Å². The maximum Gasteiger partial charge on any atom is 0.230 e. The van der Waals surface area contributed by atoms with Gasteiger partial charge in [-0.2, -0.15) is 0 Å². The Kier molecular flexibility index (Phi) is 3.63. The molecule has 6 heteroatoms. The van der Waals surface area contributed by atoms with Crippen LogP contribution in [-0.2, 0) is 11.2 Å². The van der Waals surface area contributed by atoms with Gasteiger partial charge >= 0.3 is 0 Å². The summed E-state index contributed by atoms with van der Waals surface area (Å²) < 4.78 is 5.23. The lowest BCUT2D eigenvalue weighted by Crippen LogP contribution is -2.15. The number of carbonyl (C=O) groups is 1. The lowest BCUT2D eigenvalue weighted by atomic mass is 10.1. The molecule has 24 heavy (non-hydrogen) atoms. The number of hydrogen-bond donors (Lipinski definition) is 1. The van der Waals surface area contributed by atoms with Crippen LogP contribution in [0.1, 0.15) is 5.69 Å². The number of aromatic nitrogens is 2. The third kappa shape index (κ3) is 2.59. The molecule has 0 aliphatic rings. The molecule has 0 radical (unpaired) electrons. The van der Waals surface area contributed by atoms with E-state index in [0.717, 1.165) is 10.8 Å². The topological polar surface area (TPSA) is 68.0 Å². The van der Waals surface area contributed by atoms with Crippen LogP contribution in [0.15, 0.2) is 59.3 Å². The molecule has 4 aromatic rings. The molecular formula is C18H12ClN3O2. The lowest BCUT2D eigenvalue weighted by Gasteiger charge is -2.08. The second kappa shape index (κ2) is 5.94. The van der Waals surface area contributed by atoms with Crippen molar-refractivity contribution in [2.24, 2.45) is 0 Å². The van der Waals surface area contributed by atoms with Crippen LogP contribution in [0.2, 0.25) is 5.02 Å². The van der Waals surface area contributed by atoms with Crippen molar-refractivity contribution in [3.8, 4) is 0 Å². The number of rotatable bonds is 3. The van der Waals surface area contributed by atoms with E-state index in [9.17, 15) is 4.79 Å². The zero-order valence-electron chi connectivity index (χ0n) is 12.5. The van der Waals surface area contributed by atoms with Gasteiger partial charge in [-0.05, 0) is 36.4 Å². The minimum atomic E-state index is -0.179. The summed E-state index contributed by atoms with van der Waals surface area (Å²) in [7, 11) is 0. The van der Waals surface area contributed by atoms with Crippen LogP contribution in [-0.4, -0.2) is 16.0 Å². The Hall–Kier alpha value is -2.92. The Labute approximate surface area is 142 Å². The standard InChI is InChI=1S/C18H12ClN3O2/c19-13-7-8-14(12-5-3-9-20-18(12)13)21-17(23)10-15-11-4-1-2-6-16(11)24-22-15/h1-9H,10H2,(H,21,23). The molecule has 0 atom stereocenters. The highest BCUT2D eigenvalue weighted by atomic mass is 35.5. The zero-order chi connectivity index (χ0) is 16.5. The molecule has 0 saturated carbocycles. The summed E-state index contributed by atoms with van der Waals surface area (Å²) in [5, 5.41) is 9.06. The fourth-order valence-corrected chi connectivity index (χ4v) is 2.87. The molecule has 0 aliphatic carbocycles. The van der Waals surface area contributed by atoms with Gasteiger partial charge in [0, 0.05) is 17.0 Å². The van der Waals surface area contributed by atoms with Crippen molar-refractivity contribution in [1.82, 2.24) is 10.1 Å². The second-order valence-electron chi connectivity index (χ2n) is 5.34. The van der Waals surface area contributed by atoms with Gasteiger partial charge in [0.05, 0.1) is 22.6 Å². The first-order valence-electron chi connectivity index (χ1n) is 7.39. The van der Waals surface area contributed by atoms with Crippen molar-refractivity contribution in [2.75, 3.05) is 5.32 Å². The number of nitrogens with one attached hydrogen (secondary N) is 1. The molecular weight excluding hydrogens is 326 g/mol. The summed E-state index contributed by atoms with van der Waals surface area (Å²) in [6.45, 7) is 0. The van der Waals surface area contributed by atoms with E-state index >= 15 is 0 Å². The quantitative estimate of drug-likeness (QED) is 0.608. The first-order valence-corrected chi connectivity index (χ1v) is 7.76. The van der Waals surface area contributed by atoms with Gasteiger partial charge in [0.25, 0.3) is 0 Å². The van der Waals surface area contributed by atoms with Gasteiger partial charge in [-0.25, -0.2) is 0 Å². The number of amides is 1.